The van der Waals surface area contributed by atoms with Crippen LogP contribution in [-0.2, 0) is 0 Å². The fourth-order valence-corrected chi connectivity index (χ4v) is 8.37. The van der Waals surface area contributed by atoms with Crippen LogP contribution in [-0.4, -0.2) is 19.9 Å². The first-order valence-electron chi connectivity index (χ1n) is 17.0. The van der Waals surface area contributed by atoms with Crippen LogP contribution in [0.1, 0.15) is 0 Å². The van der Waals surface area contributed by atoms with E-state index in [1.54, 1.807) is 12.4 Å². The van der Waals surface area contributed by atoms with Crippen LogP contribution in [0.15, 0.2) is 170 Å². The van der Waals surface area contributed by atoms with Gasteiger partial charge in [0, 0.05) is 43.5 Å². The molecule has 10 aromatic rings. The predicted octanol–water partition coefficient (Wildman–Crippen LogP) is 12.3. The second-order valence-corrected chi connectivity index (χ2v) is 13.7. The topological polar surface area (TPSA) is 51.6 Å². The summed E-state index contributed by atoms with van der Waals surface area (Å²) in [6.07, 6.45) is 3.60. The zero-order chi connectivity index (χ0) is 33.7. The minimum Gasteiger partial charge on any atom is -0.255 e. The van der Waals surface area contributed by atoms with Gasteiger partial charge in [-0.1, -0.05) is 109 Å². The third-order valence-corrected chi connectivity index (χ3v) is 10.8. The van der Waals surface area contributed by atoms with Crippen LogP contribution in [0.2, 0.25) is 0 Å². The van der Waals surface area contributed by atoms with Gasteiger partial charge < -0.3 is 0 Å². The molecule has 0 aliphatic heterocycles. The van der Waals surface area contributed by atoms with Crippen molar-refractivity contribution >= 4 is 53.2 Å². The molecule has 5 aromatic heterocycles. The van der Waals surface area contributed by atoms with Crippen LogP contribution in [0.25, 0.3) is 98.1 Å². The van der Waals surface area contributed by atoms with Crippen LogP contribution in [0.5, 0.6) is 0 Å². The molecule has 0 aliphatic carbocycles. The predicted molar refractivity (Wildman–Crippen MR) is 213 cm³/mol. The standard InChI is InChI=1S/C46H28N4S/c1-2-10-35-32(9-1)23-24-39-43(35)46-44(36-11-3-4-14-42(36)51-46)45(50-39)33-21-19-30(20-22-33)29-15-17-31(18-16-29)34-27-40(37-12-5-7-25-47-37)49-41(28-34)38-13-6-8-26-48-38/h1-28H. The third-order valence-electron chi connectivity index (χ3n) is 9.59. The summed E-state index contributed by atoms with van der Waals surface area (Å²) >= 11 is 1.86. The van der Waals surface area contributed by atoms with Crippen LogP contribution >= 0.6 is 11.3 Å². The van der Waals surface area contributed by atoms with Gasteiger partial charge in [-0.25, -0.2) is 9.97 Å². The highest BCUT2D eigenvalue weighted by atomic mass is 32.1. The van der Waals surface area contributed by atoms with E-state index in [0.717, 1.165) is 61.8 Å². The van der Waals surface area contributed by atoms with Crippen molar-refractivity contribution in [1.82, 2.24) is 19.9 Å². The normalized spacial score (nSPS) is 11.5. The van der Waals surface area contributed by atoms with E-state index in [1.807, 2.05) is 47.7 Å². The summed E-state index contributed by atoms with van der Waals surface area (Å²) in [4.78, 5) is 19.4. The molecule has 0 N–H and O–H groups in total. The smallest absolute Gasteiger partial charge is 0.0900 e. The first-order chi connectivity index (χ1) is 25.3. The fourth-order valence-electron chi connectivity index (χ4n) is 7.10. The second-order valence-electron chi connectivity index (χ2n) is 12.7. The zero-order valence-corrected chi connectivity index (χ0v) is 28.2. The molecule has 0 fully saturated rings. The van der Waals surface area contributed by atoms with E-state index in [2.05, 4.69) is 131 Å². The first kappa shape index (κ1) is 29.4. The number of rotatable bonds is 5. The van der Waals surface area contributed by atoms with Crippen molar-refractivity contribution in [2.45, 2.75) is 0 Å². The van der Waals surface area contributed by atoms with Gasteiger partial charge in [0.1, 0.15) is 0 Å². The number of fused-ring (bicyclic) bond motifs is 7. The lowest BCUT2D eigenvalue weighted by atomic mass is 9.96. The lowest BCUT2D eigenvalue weighted by Gasteiger charge is -2.11. The summed E-state index contributed by atoms with van der Waals surface area (Å²) < 4.78 is 2.57. The Labute approximate surface area is 298 Å². The number of aromatic nitrogens is 4. The molecule has 10 rings (SSSR count). The van der Waals surface area contributed by atoms with Crippen molar-refractivity contribution in [3.63, 3.8) is 0 Å². The van der Waals surface area contributed by atoms with Gasteiger partial charge in [-0.05, 0) is 81.6 Å². The van der Waals surface area contributed by atoms with Gasteiger partial charge >= 0.3 is 0 Å². The van der Waals surface area contributed by atoms with E-state index in [1.165, 1.54) is 36.3 Å². The number of pyridine rings is 4. The van der Waals surface area contributed by atoms with Crippen molar-refractivity contribution < 1.29 is 0 Å². The maximum atomic E-state index is 5.34. The van der Waals surface area contributed by atoms with Crippen molar-refractivity contribution in [3.8, 4) is 56.3 Å². The van der Waals surface area contributed by atoms with Crippen molar-refractivity contribution in [2.75, 3.05) is 0 Å². The highest BCUT2D eigenvalue weighted by Crippen LogP contribution is 2.44. The third kappa shape index (κ3) is 5.14. The number of hydrogen-bond donors (Lipinski definition) is 0. The first-order valence-corrected chi connectivity index (χ1v) is 17.8. The fraction of sp³-hybridized carbons (Fsp3) is 0. The Bertz CT molecular complexity index is 2820. The molecule has 238 valence electrons. The van der Waals surface area contributed by atoms with Crippen molar-refractivity contribution in [2.24, 2.45) is 0 Å². The average Bonchev–Trinajstić information content (AvgIpc) is 3.61. The van der Waals surface area contributed by atoms with E-state index in [-0.39, 0.29) is 0 Å². The van der Waals surface area contributed by atoms with Gasteiger partial charge in [-0.2, -0.15) is 0 Å². The highest BCUT2D eigenvalue weighted by molar-refractivity contribution is 7.27. The molecular formula is C46H28N4S. The summed E-state index contributed by atoms with van der Waals surface area (Å²) in [5, 5.41) is 6.20. The van der Waals surface area contributed by atoms with E-state index in [4.69, 9.17) is 9.97 Å². The molecule has 5 heterocycles. The van der Waals surface area contributed by atoms with Gasteiger partial charge in [0.25, 0.3) is 0 Å². The lowest BCUT2D eigenvalue weighted by Crippen LogP contribution is -1.94. The second kappa shape index (κ2) is 12.1. The Morgan fingerprint density at radius 2 is 0.961 bits per heavy atom. The Balaban J connectivity index is 1.04. The molecule has 51 heavy (non-hydrogen) atoms. The maximum Gasteiger partial charge on any atom is 0.0900 e. The molecule has 5 aromatic carbocycles. The molecule has 0 aliphatic rings. The zero-order valence-electron chi connectivity index (χ0n) is 27.4. The molecule has 0 radical (unpaired) electrons. The minimum absolute atomic E-state index is 0.816. The van der Waals surface area contributed by atoms with E-state index in [0.29, 0.717) is 0 Å². The van der Waals surface area contributed by atoms with E-state index >= 15 is 0 Å². The Hall–Kier alpha value is -6.56. The minimum atomic E-state index is 0.816. The van der Waals surface area contributed by atoms with Crippen LogP contribution in [0.3, 0.4) is 0 Å². The van der Waals surface area contributed by atoms with Crippen molar-refractivity contribution in [1.29, 1.82) is 0 Å². The monoisotopic (exact) mass is 668 g/mol. The van der Waals surface area contributed by atoms with Crippen LogP contribution in [0.4, 0.5) is 0 Å². The summed E-state index contributed by atoms with van der Waals surface area (Å²) in [5.41, 5.74) is 10.9. The Morgan fingerprint density at radius 3 is 1.61 bits per heavy atom. The average molecular weight is 669 g/mol. The summed E-state index contributed by atoms with van der Waals surface area (Å²) in [6, 6.07) is 55.3. The SMILES string of the molecule is c1ccc(-c2cc(-c3ccc(-c4ccc(-c5nc6ccc7ccccc7c6c6sc7ccccc7c56)cc4)cc3)cc(-c3ccccn3)n2)nc1. The van der Waals surface area contributed by atoms with Gasteiger partial charge in [-0.15, -0.1) is 11.3 Å². The van der Waals surface area contributed by atoms with Crippen molar-refractivity contribution in [3.05, 3.63) is 170 Å². The Morgan fingerprint density at radius 1 is 0.392 bits per heavy atom. The Kier molecular flexibility index (Phi) is 6.96. The maximum absolute atomic E-state index is 5.34. The van der Waals surface area contributed by atoms with Crippen LogP contribution in [0, 0.1) is 0 Å². The molecule has 4 nitrogen and oxygen atoms in total. The molecule has 5 heteroatoms. The summed E-state index contributed by atoms with van der Waals surface area (Å²) in [5.74, 6) is 0. The summed E-state index contributed by atoms with van der Waals surface area (Å²) in [6.45, 7) is 0. The number of thiophene rings is 1. The van der Waals surface area contributed by atoms with Gasteiger partial charge in [-0.3, -0.25) is 9.97 Å². The van der Waals surface area contributed by atoms with Crippen LogP contribution < -0.4 is 0 Å². The quantitative estimate of drug-likeness (QED) is 0.171. The summed E-state index contributed by atoms with van der Waals surface area (Å²) in [7, 11) is 0. The lowest BCUT2D eigenvalue weighted by molar-refractivity contribution is 1.22. The number of benzene rings is 5. The van der Waals surface area contributed by atoms with Gasteiger partial charge in [0.15, 0.2) is 0 Å². The van der Waals surface area contributed by atoms with Gasteiger partial charge in [0.2, 0.25) is 0 Å². The molecule has 0 unspecified atom stereocenters. The largest absolute Gasteiger partial charge is 0.255 e. The number of nitrogens with zero attached hydrogens (tertiary/aromatic N) is 4. The van der Waals surface area contributed by atoms with E-state index < -0.39 is 0 Å². The molecule has 0 saturated carbocycles. The van der Waals surface area contributed by atoms with Gasteiger partial charge in [0.05, 0.1) is 34.0 Å². The molecule has 0 amide bonds. The van der Waals surface area contributed by atoms with E-state index in [9.17, 15) is 0 Å². The number of hydrogen-bond acceptors (Lipinski definition) is 5. The molecule has 0 atom stereocenters. The molecule has 0 spiro atoms. The highest BCUT2D eigenvalue weighted by Gasteiger charge is 2.18. The molecular weight excluding hydrogens is 641 g/mol. The molecule has 0 bridgehead atoms. The molecule has 0 saturated heterocycles.